The first-order chi connectivity index (χ1) is 10.4. The van der Waals surface area contributed by atoms with Crippen LogP contribution in [-0.4, -0.2) is 51.8 Å². The summed E-state index contributed by atoms with van der Waals surface area (Å²) in [5, 5.41) is 10.6. The zero-order valence-electron chi connectivity index (χ0n) is 13.0. The van der Waals surface area contributed by atoms with Crippen LogP contribution in [0.5, 0.6) is 0 Å². The molecule has 120 valence electrons. The molecule has 1 saturated heterocycles. The second kappa shape index (κ2) is 6.74. The van der Waals surface area contributed by atoms with Gasteiger partial charge in [-0.25, -0.2) is 9.59 Å². The smallest absolute Gasteiger partial charge is 0.345 e. The van der Waals surface area contributed by atoms with E-state index in [2.05, 4.69) is 4.98 Å². The third kappa shape index (κ3) is 3.19. The van der Waals surface area contributed by atoms with E-state index in [1.165, 1.54) is 17.0 Å². The number of pyridine rings is 1. The van der Waals surface area contributed by atoms with E-state index in [0.29, 0.717) is 13.0 Å². The normalized spacial score (nSPS) is 19.3. The number of amides is 2. The molecule has 2 amide bonds. The van der Waals surface area contributed by atoms with Gasteiger partial charge in [0.25, 0.3) is 0 Å². The van der Waals surface area contributed by atoms with Crippen molar-refractivity contribution in [1.82, 2.24) is 14.9 Å². The maximum atomic E-state index is 12.6. The van der Waals surface area contributed by atoms with Crippen LogP contribution in [0.2, 0.25) is 0 Å². The van der Waals surface area contributed by atoms with Crippen molar-refractivity contribution in [3.8, 4) is 0 Å². The fraction of sp³-hybridized carbons (Fsp3) is 0.533. The number of hydrogen-bond donors (Lipinski definition) is 1. The minimum atomic E-state index is -1.03. The van der Waals surface area contributed by atoms with Gasteiger partial charge < -0.3 is 10.0 Å². The van der Waals surface area contributed by atoms with Gasteiger partial charge >= 0.3 is 12.0 Å². The number of rotatable bonds is 4. The topological polar surface area (TPSA) is 83.0 Å². The molecule has 0 bridgehead atoms. The van der Waals surface area contributed by atoms with E-state index in [9.17, 15) is 14.7 Å². The zero-order chi connectivity index (χ0) is 16.3. The molecule has 2 heterocycles. The molecule has 7 heteroatoms. The molecule has 1 aromatic rings. The standard InChI is InChI=1S/C15H21N3O4/c1-10(2)13(14(19)20)17(3)15(21)18-12(6-8-22-18)11-5-4-7-16-9-11/h4-5,7,9-10,12-13H,6,8H2,1-3H3,(H,19,20)/t12-,13-/m0/s1. The highest BCUT2D eigenvalue weighted by atomic mass is 16.7. The van der Waals surface area contributed by atoms with E-state index in [1.54, 1.807) is 32.3 Å². The van der Waals surface area contributed by atoms with Gasteiger partial charge in [0.15, 0.2) is 0 Å². The van der Waals surface area contributed by atoms with Gasteiger partial charge in [-0.3, -0.25) is 9.82 Å². The molecule has 1 aromatic heterocycles. The molecule has 0 radical (unpaired) electrons. The summed E-state index contributed by atoms with van der Waals surface area (Å²) in [6, 6.07) is 2.08. The molecule has 0 unspecified atom stereocenters. The molecule has 0 spiro atoms. The average molecular weight is 307 g/mol. The summed E-state index contributed by atoms with van der Waals surface area (Å²) in [5.74, 6) is -1.23. The minimum Gasteiger partial charge on any atom is -0.480 e. The molecule has 1 fully saturated rings. The number of hydroxylamine groups is 2. The minimum absolute atomic E-state index is 0.203. The van der Waals surface area contributed by atoms with Crippen molar-refractivity contribution in [3.63, 3.8) is 0 Å². The monoisotopic (exact) mass is 307 g/mol. The number of aliphatic carboxylic acids is 1. The lowest BCUT2D eigenvalue weighted by Crippen LogP contribution is -2.50. The van der Waals surface area contributed by atoms with Crippen LogP contribution < -0.4 is 0 Å². The third-order valence-electron chi connectivity index (χ3n) is 3.77. The number of carbonyl (C=O) groups is 2. The maximum absolute atomic E-state index is 12.6. The van der Waals surface area contributed by atoms with Crippen molar-refractivity contribution in [1.29, 1.82) is 0 Å². The Morgan fingerprint density at radius 3 is 2.77 bits per heavy atom. The van der Waals surface area contributed by atoms with Crippen molar-refractivity contribution < 1.29 is 19.5 Å². The number of carbonyl (C=O) groups excluding carboxylic acids is 1. The molecular formula is C15H21N3O4. The predicted octanol–water partition coefficient (Wildman–Crippen LogP) is 1.92. The average Bonchev–Trinajstić information content (AvgIpc) is 2.95. The van der Waals surface area contributed by atoms with Gasteiger partial charge in [-0.1, -0.05) is 19.9 Å². The van der Waals surface area contributed by atoms with Gasteiger partial charge in [-0.2, -0.15) is 5.06 Å². The van der Waals surface area contributed by atoms with Gasteiger partial charge in [0.05, 0.1) is 12.6 Å². The lowest BCUT2D eigenvalue weighted by atomic mass is 10.0. The Hall–Kier alpha value is -2.15. The quantitative estimate of drug-likeness (QED) is 0.919. The highest BCUT2D eigenvalue weighted by Gasteiger charge is 2.38. The largest absolute Gasteiger partial charge is 0.480 e. The summed E-state index contributed by atoms with van der Waals surface area (Å²) < 4.78 is 0. The summed E-state index contributed by atoms with van der Waals surface area (Å²) in [5.41, 5.74) is 0.873. The predicted molar refractivity (Wildman–Crippen MR) is 78.8 cm³/mol. The van der Waals surface area contributed by atoms with Crippen LogP contribution in [0.25, 0.3) is 0 Å². The maximum Gasteiger partial charge on any atom is 0.345 e. The van der Waals surface area contributed by atoms with Crippen molar-refractivity contribution in [2.24, 2.45) is 5.92 Å². The van der Waals surface area contributed by atoms with Crippen LogP contribution in [-0.2, 0) is 9.63 Å². The van der Waals surface area contributed by atoms with E-state index >= 15 is 0 Å². The lowest BCUT2D eigenvalue weighted by molar-refractivity contribution is -0.145. The number of carboxylic acids is 1. The first kappa shape index (κ1) is 16.2. The molecule has 7 nitrogen and oxygen atoms in total. The van der Waals surface area contributed by atoms with E-state index in [4.69, 9.17) is 4.84 Å². The Morgan fingerprint density at radius 2 is 2.23 bits per heavy atom. The summed E-state index contributed by atoms with van der Waals surface area (Å²) >= 11 is 0. The van der Waals surface area contributed by atoms with Crippen LogP contribution in [0.15, 0.2) is 24.5 Å². The highest BCUT2D eigenvalue weighted by molar-refractivity contribution is 5.82. The lowest BCUT2D eigenvalue weighted by Gasteiger charge is -2.32. The molecule has 0 aromatic carbocycles. The number of urea groups is 1. The first-order valence-corrected chi connectivity index (χ1v) is 7.25. The zero-order valence-corrected chi connectivity index (χ0v) is 13.0. The Labute approximate surface area is 129 Å². The van der Waals surface area contributed by atoms with E-state index in [0.717, 1.165) is 5.56 Å². The Balaban J connectivity index is 2.19. The summed E-state index contributed by atoms with van der Waals surface area (Å²) in [6.07, 6.45) is 4.01. The molecule has 0 aliphatic carbocycles. The van der Waals surface area contributed by atoms with Crippen LogP contribution in [0.1, 0.15) is 31.9 Å². The molecule has 1 N–H and O–H groups in total. The van der Waals surface area contributed by atoms with Gasteiger partial charge in [-0.05, 0) is 17.5 Å². The summed E-state index contributed by atoms with van der Waals surface area (Å²) in [4.78, 5) is 34.7. The summed E-state index contributed by atoms with van der Waals surface area (Å²) in [7, 11) is 1.49. The van der Waals surface area contributed by atoms with Gasteiger partial charge in [0.1, 0.15) is 6.04 Å². The van der Waals surface area contributed by atoms with Crippen LogP contribution in [0.4, 0.5) is 4.79 Å². The molecular weight excluding hydrogens is 286 g/mol. The van der Waals surface area contributed by atoms with Crippen LogP contribution in [0.3, 0.4) is 0 Å². The highest BCUT2D eigenvalue weighted by Crippen LogP contribution is 2.31. The molecule has 1 aliphatic rings. The first-order valence-electron chi connectivity index (χ1n) is 7.25. The SMILES string of the molecule is CC(C)[C@@H](C(=O)O)N(C)C(=O)N1OCC[C@H]1c1cccnc1. The van der Waals surface area contributed by atoms with Gasteiger partial charge in [-0.15, -0.1) is 0 Å². The van der Waals surface area contributed by atoms with Crippen molar-refractivity contribution in [3.05, 3.63) is 30.1 Å². The van der Waals surface area contributed by atoms with Gasteiger partial charge in [0, 0.05) is 25.9 Å². The second-order valence-corrected chi connectivity index (χ2v) is 5.67. The van der Waals surface area contributed by atoms with Crippen molar-refractivity contribution >= 4 is 12.0 Å². The Bertz CT molecular complexity index is 535. The number of nitrogens with zero attached hydrogens (tertiary/aromatic N) is 3. The van der Waals surface area contributed by atoms with Crippen molar-refractivity contribution in [2.75, 3.05) is 13.7 Å². The van der Waals surface area contributed by atoms with Crippen LogP contribution in [0, 0.1) is 5.92 Å². The van der Waals surface area contributed by atoms with E-state index in [1.807, 2.05) is 6.07 Å². The third-order valence-corrected chi connectivity index (χ3v) is 3.77. The Kier molecular flexibility index (Phi) is 4.97. The van der Waals surface area contributed by atoms with Gasteiger partial charge in [0.2, 0.25) is 0 Å². The Morgan fingerprint density at radius 1 is 1.50 bits per heavy atom. The van der Waals surface area contributed by atoms with E-state index < -0.39 is 18.0 Å². The molecule has 2 rings (SSSR count). The summed E-state index contributed by atoms with van der Waals surface area (Å²) in [6.45, 7) is 3.95. The molecule has 1 aliphatic heterocycles. The number of likely N-dealkylation sites (N-methyl/N-ethyl adjacent to an activating group) is 1. The van der Waals surface area contributed by atoms with Crippen molar-refractivity contribution in [2.45, 2.75) is 32.4 Å². The number of carboxylic acid groups (broad SMARTS) is 1. The molecule has 0 saturated carbocycles. The molecule has 22 heavy (non-hydrogen) atoms. The molecule has 2 atom stereocenters. The second-order valence-electron chi connectivity index (χ2n) is 5.67. The van der Waals surface area contributed by atoms with Crippen LogP contribution >= 0.6 is 0 Å². The number of hydrogen-bond acceptors (Lipinski definition) is 4. The van der Waals surface area contributed by atoms with E-state index in [-0.39, 0.29) is 12.0 Å². The fourth-order valence-corrected chi connectivity index (χ4v) is 2.71. The number of aromatic nitrogens is 1. The fourth-order valence-electron chi connectivity index (χ4n) is 2.71.